The molecule has 1 aromatic carbocycles. The molecule has 356 valence electrons. The zero-order valence-electron chi connectivity index (χ0n) is 37.3. The summed E-state index contributed by atoms with van der Waals surface area (Å²) in [4.78, 5) is 114. The summed E-state index contributed by atoms with van der Waals surface area (Å²) in [6.45, 7) is 6.66. The number of thioether (sulfide) groups is 1. The number of hydrogen-bond acceptors (Lipinski definition) is 11. The molecule has 1 unspecified atom stereocenters. The van der Waals surface area contributed by atoms with E-state index in [0.29, 0.717) is 49.5 Å². The lowest BCUT2D eigenvalue weighted by molar-refractivity contribution is -0.137. The molecule has 20 nitrogen and oxygen atoms in total. The third-order valence-corrected chi connectivity index (χ3v) is 12.8. The number of hydroxylamine groups is 1. The average Bonchev–Trinajstić information content (AvgIpc) is 3.82. The van der Waals surface area contributed by atoms with Crippen molar-refractivity contribution in [3.8, 4) is 0 Å². The van der Waals surface area contributed by atoms with Crippen LogP contribution in [0.15, 0.2) is 30.3 Å². The van der Waals surface area contributed by atoms with Gasteiger partial charge in [-0.3, -0.25) is 43.6 Å². The van der Waals surface area contributed by atoms with Gasteiger partial charge in [-0.25, -0.2) is 10.3 Å². The minimum absolute atomic E-state index is 0.0273. The Labute approximate surface area is 379 Å². The van der Waals surface area contributed by atoms with Gasteiger partial charge in [0, 0.05) is 42.7 Å². The standard InChI is InChI=1S/C43H68N10O10S/c1-5-26(4)37(51-40(59)28(19-25(2)3)21-34(55)53-63)42(61)49-30(20-27-13-7-6-8-14-27)41(60)47-22-35(56)46-23-36(57)48-29(39(44)58)15-11-12-18-45-33(54)17-10-9-16-32-38-31(24-64-32)50-43(62)52-38/h6-8,13-14,25-26,28-32,37-38,63H,5,9-12,15-24H2,1-4H3,(H2,44,58)(H,45,54)(H,46,56)(H,47,60)(H,48,57)(H,49,61)(H,51,59)(H,53,55)(H2,50,52,62)/t26-,28?,29-,30-,31-,32-,37-,38-/m0/s1. The summed E-state index contributed by atoms with van der Waals surface area (Å²) >= 11 is 1.84. The second-order valence-electron chi connectivity index (χ2n) is 16.9. The minimum Gasteiger partial charge on any atom is -0.368 e. The first-order chi connectivity index (χ1) is 30.5. The fourth-order valence-electron chi connectivity index (χ4n) is 7.54. The maximum Gasteiger partial charge on any atom is 0.315 e. The number of benzene rings is 1. The van der Waals surface area contributed by atoms with Crippen molar-refractivity contribution >= 4 is 65.1 Å². The van der Waals surface area contributed by atoms with Gasteiger partial charge in [0.25, 0.3) is 0 Å². The molecule has 0 bridgehead atoms. The Bertz CT molecular complexity index is 1750. The van der Waals surface area contributed by atoms with Crippen molar-refractivity contribution in [1.29, 1.82) is 0 Å². The van der Waals surface area contributed by atoms with Crippen LogP contribution >= 0.6 is 11.8 Å². The number of urea groups is 1. The Morgan fingerprint density at radius 1 is 0.797 bits per heavy atom. The van der Waals surface area contributed by atoms with E-state index in [1.54, 1.807) is 42.7 Å². The van der Waals surface area contributed by atoms with Gasteiger partial charge in [-0.05, 0) is 55.9 Å². The fourth-order valence-corrected chi connectivity index (χ4v) is 9.09. The number of nitrogens with one attached hydrogen (secondary N) is 9. The second-order valence-corrected chi connectivity index (χ2v) is 18.2. The lowest BCUT2D eigenvalue weighted by Gasteiger charge is -2.28. The maximum absolute atomic E-state index is 13.8. The van der Waals surface area contributed by atoms with E-state index in [9.17, 15) is 43.2 Å². The molecule has 2 aliphatic heterocycles. The van der Waals surface area contributed by atoms with Crippen LogP contribution in [-0.2, 0) is 44.8 Å². The summed E-state index contributed by atoms with van der Waals surface area (Å²) < 4.78 is 0. The van der Waals surface area contributed by atoms with Gasteiger partial charge in [0.2, 0.25) is 47.3 Å². The molecule has 0 spiro atoms. The van der Waals surface area contributed by atoms with Crippen LogP contribution in [0.25, 0.3) is 0 Å². The highest BCUT2D eigenvalue weighted by Gasteiger charge is 2.42. The molecule has 21 heteroatoms. The van der Waals surface area contributed by atoms with Crippen molar-refractivity contribution in [2.24, 2.45) is 23.5 Å². The molecule has 0 aromatic heterocycles. The highest BCUT2D eigenvalue weighted by Crippen LogP contribution is 2.33. The van der Waals surface area contributed by atoms with Crippen LogP contribution in [0.1, 0.15) is 97.5 Å². The summed E-state index contributed by atoms with van der Waals surface area (Å²) in [5.74, 6) is -5.20. The van der Waals surface area contributed by atoms with Crippen LogP contribution in [0.3, 0.4) is 0 Å². The highest BCUT2D eigenvalue weighted by atomic mass is 32.2. The van der Waals surface area contributed by atoms with Gasteiger partial charge in [0.1, 0.15) is 18.1 Å². The van der Waals surface area contributed by atoms with Gasteiger partial charge in [0.05, 0.1) is 25.2 Å². The summed E-state index contributed by atoms with van der Waals surface area (Å²) in [6, 6.07) is 5.75. The zero-order chi connectivity index (χ0) is 47.2. The average molecular weight is 917 g/mol. The topological polar surface area (TPSA) is 308 Å². The first kappa shape index (κ1) is 52.9. The van der Waals surface area contributed by atoms with Gasteiger partial charge in [-0.1, -0.05) is 70.9 Å². The van der Waals surface area contributed by atoms with Crippen molar-refractivity contribution in [3.05, 3.63) is 35.9 Å². The van der Waals surface area contributed by atoms with Gasteiger partial charge in [-0.2, -0.15) is 11.8 Å². The molecular weight excluding hydrogens is 849 g/mol. The summed E-state index contributed by atoms with van der Waals surface area (Å²) in [7, 11) is 0. The van der Waals surface area contributed by atoms with Crippen molar-refractivity contribution in [3.63, 3.8) is 0 Å². The maximum atomic E-state index is 13.8. The molecule has 0 aliphatic carbocycles. The molecule has 2 fully saturated rings. The van der Waals surface area contributed by atoms with Crippen LogP contribution < -0.4 is 53.7 Å². The Morgan fingerprint density at radius 3 is 2.19 bits per heavy atom. The van der Waals surface area contributed by atoms with Crippen LogP contribution in [-0.4, -0.2) is 119 Å². The predicted octanol–water partition coefficient (Wildman–Crippen LogP) is 0.0174. The van der Waals surface area contributed by atoms with E-state index in [1.807, 2.05) is 32.5 Å². The van der Waals surface area contributed by atoms with Crippen LogP contribution in [0.5, 0.6) is 0 Å². The Hall–Kier alpha value is -5.44. The number of amides is 10. The number of fused-ring (bicyclic) bond motifs is 1. The lowest BCUT2D eigenvalue weighted by Crippen LogP contribution is -2.57. The van der Waals surface area contributed by atoms with Gasteiger partial charge in [0.15, 0.2) is 0 Å². The first-order valence-electron chi connectivity index (χ1n) is 22.2. The quantitative estimate of drug-likeness (QED) is 0.0220. The van der Waals surface area contributed by atoms with Crippen molar-refractivity contribution in [1.82, 2.24) is 48.0 Å². The molecule has 2 aliphatic rings. The SMILES string of the molecule is CC[C@H](C)[C@H](NC(=O)C(CC(=O)NO)CC(C)C)C(=O)N[C@@H](Cc1ccccc1)C(=O)NCC(=O)NCC(=O)N[C@@H](CCCCNC(=O)CCCC[C@@H]1SC[C@@H]2NC(=O)N[C@@H]21)C(N)=O. The molecule has 64 heavy (non-hydrogen) atoms. The molecule has 2 heterocycles. The third kappa shape index (κ3) is 18.7. The molecule has 0 radical (unpaired) electrons. The number of carbonyl (C=O) groups excluding carboxylic acids is 9. The molecule has 3 rings (SSSR count). The summed E-state index contributed by atoms with van der Waals surface area (Å²) in [6.07, 6.45) is 4.67. The monoisotopic (exact) mass is 916 g/mol. The van der Waals surface area contributed by atoms with E-state index >= 15 is 0 Å². The molecule has 0 saturated carbocycles. The molecular formula is C43H68N10O10S. The van der Waals surface area contributed by atoms with Gasteiger partial charge < -0.3 is 48.3 Å². The van der Waals surface area contributed by atoms with Crippen LogP contribution in [0, 0.1) is 17.8 Å². The Morgan fingerprint density at radius 2 is 1.52 bits per heavy atom. The smallest absolute Gasteiger partial charge is 0.315 e. The van der Waals surface area contributed by atoms with Crippen molar-refractivity contribution in [2.45, 2.75) is 134 Å². The fraction of sp³-hybridized carbons (Fsp3) is 0.651. The third-order valence-electron chi connectivity index (χ3n) is 11.3. The summed E-state index contributed by atoms with van der Waals surface area (Å²) in [5.41, 5.74) is 7.76. The highest BCUT2D eigenvalue weighted by molar-refractivity contribution is 8.00. The van der Waals surface area contributed by atoms with Crippen molar-refractivity contribution < 1.29 is 48.4 Å². The molecule has 1 aromatic rings. The molecule has 12 N–H and O–H groups in total. The van der Waals surface area contributed by atoms with Crippen LogP contribution in [0.4, 0.5) is 4.79 Å². The Balaban J connectivity index is 1.43. The number of primary amides is 1. The minimum atomic E-state index is -1.18. The number of hydrogen-bond donors (Lipinski definition) is 11. The molecule has 10 amide bonds. The first-order valence-corrected chi connectivity index (χ1v) is 23.2. The van der Waals surface area contributed by atoms with E-state index in [0.717, 1.165) is 25.0 Å². The number of carbonyl (C=O) groups is 9. The van der Waals surface area contributed by atoms with E-state index in [-0.39, 0.29) is 55.1 Å². The number of nitrogens with two attached hydrogens (primary N) is 1. The molecule has 2 saturated heterocycles. The zero-order valence-corrected chi connectivity index (χ0v) is 38.1. The van der Waals surface area contributed by atoms with E-state index in [4.69, 9.17) is 10.9 Å². The number of rotatable bonds is 29. The predicted molar refractivity (Wildman–Crippen MR) is 239 cm³/mol. The Kier molecular flexibility index (Phi) is 22.9. The molecule has 8 atom stereocenters. The second kappa shape index (κ2) is 27.7. The largest absolute Gasteiger partial charge is 0.368 e. The summed E-state index contributed by atoms with van der Waals surface area (Å²) in [5, 5.41) is 31.0. The van der Waals surface area contributed by atoms with Crippen LogP contribution in [0.2, 0.25) is 0 Å². The van der Waals surface area contributed by atoms with Gasteiger partial charge in [-0.15, -0.1) is 0 Å². The lowest BCUT2D eigenvalue weighted by atomic mass is 9.91. The van der Waals surface area contributed by atoms with E-state index < -0.39 is 78.5 Å². The van der Waals surface area contributed by atoms with E-state index in [2.05, 4.69) is 42.5 Å². The van der Waals surface area contributed by atoms with E-state index in [1.165, 1.54) is 0 Å². The normalized spacial score (nSPS) is 18.7. The number of unbranched alkanes of at least 4 members (excludes halogenated alkanes) is 2. The van der Waals surface area contributed by atoms with Crippen molar-refractivity contribution in [2.75, 3.05) is 25.4 Å². The van der Waals surface area contributed by atoms with Gasteiger partial charge >= 0.3 is 6.03 Å².